The Labute approximate surface area is 132 Å². The van der Waals surface area contributed by atoms with Gasteiger partial charge in [0.05, 0.1) is 5.69 Å². The van der Waals surface area contributed by atoms with Crippen LogP contribution in [-0.2, 0) is 5.75 Å². The maximum Gasteiger partial charge on any atom is 0.258 e. The number of aromatic nitrogens is 4. The van der Waals surface area contributed by atoms with E-state index in [0.29, 0.717) is 11.8 Å². The first-order chi connectivity index (χ1) is 10.3. The lowest BCUT2D eigenvalue weighted by atomic mass is 10.4. The predicted molar refractivity (Wildman–Crippen MR) is 85.5 cm³/mol. The maximum absolute atomic E-state index is 11.9. The molecule has 6 nitrogen and oxygen atoms in total. The highest BCUT2D eigenvalue weighted by Gasteiger charge is 2.22. The van der Waals surface area contributed by atoms with Crippen molar-refractivity contribution in [2.45, 2.75) is 29.0 Å². The zero-order valence-corrected chi connectivity index (χ0v) is 13.3. The minimum atomic E-state index is -0.0368. The van der Waals surface area contributed by atoms with Crippen molar-refractivity contribution in [2.24, 2.45) is 0 Å². The fraction of sp³-hybridized carbons (Fsp3) is 0.333. The molecule has 0 aliphatic heterocycles. The summed E-state index contributed by atoms with van der Waals surface area (Å²) < 4.78 is 2.45. The second kappa shape index (κ2) is 5.39. The van der Waals surface area contributed by atoms with E-state index in [2.05, 4.69) is 20.5 Å². The summed E-state index contributed by atoms with van der Waals surface area (Å²) in [5.41, 5.74) is 0.740. The van der Waals surface area contributed by atoms with Crippen LogP contribution in [0, 0.1) is 0 Å². The highest BCUT2D eigenvalue weighted by molar-refractivity contribution is 8.00. The van der Waals surface area contributed by atoms with E-state index in [4.69, 9.17) is 0 Å². The lowest BCUT2D eigenvalue weighted by molar-refractivity contribution is 0.992. The Bertz CT molecular complexity index is 835. The highest BCUT2D eigenvalue weighted by atomic mass is 32.2. The average Bonchev–Trinajstić information content (AvgIpc) is 2.98. The fourth-order valence-corrected chi connectivity index (χ4v) is 4.29. The Morgan fingerprint density at radius 3 is 3.19 bits per heavy atom. The van der Waals surface area contributed by atoms with Crippen molar-refractivity contribution >= 4 is 44.5 Å². The average molecular weight is 337 g/mol. The molecule has 0 amide bonds. The molecule has 0 bridgehead atoms. The smallest absolute Gasteiger partial charge is 0.258 e. The molecule has 0 saturated heterocycles. The van der Waals surface area contributed by atoms with Gasteiger partial charge in [0, 0.05) is 29.4 Å². The van der Waals surface area contributed by atoms with E-state index >= 15 is 0 Å². The van der Waals surface area contributed by atoms with E-state index in [1.54, 1.807) is 39.8 Å². The Hall–Kier alpha value is -1.45. The molecule has 3 aromatic heterocycles. The molecular weight excluding hydrogens is 326 g/mol. The van der Waals surface area contributed by atoms with Gasteiger partial charge in [-0.15, -0.1) is 21.5 Å². The van der Waals surface area contributed by atoms with Crippen molar-refractivity contribution in [2.75, 3.05) is 5.32 Å². The Morgan fingerprint density at radius 1 is 1.43 bits per heavy atom. The van der Waals surface area contributed by atoms with E-state index in [9.17, 15) is 4.79 Å². The first kappa shape index (κ1) is 13.2. The molecular formula is C12H11N5OS3. The highest BCUT2D eigenvalue weighted by Crippen LogP contribution is 2.31. The molecule has 3 heterocycles. The van der Waals surface area contributed by atoms with Gasteiger partial charge in [-0.2, -0.15) is 0 Å². The van der Waals surface area contributed by atoms with E-state index < -0.39 is 0 Å². The van der Waals surface area contributed by atoms with Gasteiger partial charge in [-0.1, -0.05) is 23.1 Å². The Balaban J connectivity index is 1.47. The number of hydrogen-bond acceptors (Lipinski definition) is 8. The number of nitrogens with one attached hydrogen (secondary N) is 1. The number of nitrogens with zero attached hydrogens (tertiary/aromatic N) is 4. The first-order valence-electron chi connectivity index (χ1n) is 6.46. The van der Waals surface area contributed by atoms with Crippen LogP contribution >= 0.6 is 34.4 Å². The van der Waals surface area contributed by atoms with Crippen LogP contribution in [-0.4, -0.2) is 25.6 Å². The molecule has 108 valence electrons. The Morgan fingerprint density at radius 2 is 2.33 bits per heavy atom. The lowest BCUT2D eigenvalue weighted by Gasteiger charge is -1.98. The molecule has 3 aromatic rings. The van der Waals surface area contributed by atoms with Crippen molar-refractivity contribution in [1.29, 1.82) is 0 Å². The van der Waals surface area contributed by atoms with Crippen LogP contribution in [0.3, 0.4) is 0 Å². The largest absolute Gasteiger partial charge is 0.357 e. The van der Waals surface area contributed by atoms with Crippen molar-refractivity contribution in [3.63, 3.8) is 0 Å². The molecule has 0 unspecified atom stereocenters. The summed E-state index contributed by atoms with van der Waals surface area (Å²) >= 11 is 4.57. The second-order valence-electron chi connectivity index (χ2n) is 4.72. The number of hydrogen-bond donors (Lipinski definition) is 1. The van der Waals surface area contributed by atoms with Gasteiger partial charge in [-0.25, -0.2) is 4.98 Å². The SMILES string of the molecule is O=c1cc(CSc2nnc(NC3CC3)s2)nc2sccn12. The quantitative estimate of drug-likeness (QED) is 0.721. The molecule has 1 saturated carbocycles. The van der Waals surface area contributed by atoms with Crippen molar-refractivity contribution in [3.8, 4) is 0 Å². The van der Waals surface area contributed by atoms with Gasteiger partial charge in [-0.05, 0) is 12.8 Å². The molecule has 0 aromatic carbocycles. The third kappa shape index (κ3) is 2.94. The van der Waals surface area contributed by atoms with Crippen molar-refractivity contribution < 1.29 is 0 Å². The zero-order chi connectivity index (χ0) is 14.2. The molecule has 9 heteroatoms. The zero-order valence-electron chi connectivity index (χ0n) is 10.9. The van der Waals surface area contributed by atoms with Crippen LogP contribution in [0.1, 0.15) is 18.5 Å². The molecule has 4 rings (SSSR count). The second-order valence-corrected chi connectivity index (χ2v) is 7.79. The van der Waals surface area contributed by atoms with Gasteiger partial charge in [0.15, 0.2) is 9.30 Å². The standard InChI is InChI=1S/C12H11N5OS3/c18-9-5-8(14-11-17(9)3-4-19-11)6-20-12-16-15-10(21-12)13-7-1-2-7/h3-5,7H,1-2,6H2,(H,13,15). The van der Waals surface area contributed by atoms with Crippen LogP contribution in [0.5, 0.6) is 0 Å². The summed E-state index contributed by atoms with van der Waals surface area (Å²) in [4.78, 5) is 17.1. The van der Waals surface area contributed by atoms with Crippen molar-refractivity contribution in [3.05, 3.63) is 33.7 Å². The van der Waals surface area contributed by atoms with Crippen LogP contribution in [0.25, 0.3) is 4.96 Å². The summed E-state index contributed by atoms with van der Waals surface area (Å²) in [6, 6.07) is 2.16. The maximum atomic E-state index is 11.9. The predicted octanol–water partition coefficient (Wildman–Crippen LogP) is 2.47. The Kier molecular flexibility index (Phi) is 3.40. The number of thiazole rings is 1. The van der Waals surface area contributed by atoms with Crippen LogP contribution in [0.2, 0.25) is 0 Å². The summed E-state index contributed by atoms with van der Waals surface area (Å²) in [6.07, 6.45) is 4.18. The van der Waals surface area contributed by atoms with Gasteiger partial charge in [0.2, 0.25) is 5.13 Å². The lowest BCUT2D eigenvalue weighted by Crippen LogP contribution is -2.12. The van der Waals surface area contributed by atoms with Gasteiger partial charge in [0.25, 0.3) is 5.56 Å². The topological polar surface area (TPSA) is 72.2 Å². The van der Waals surface area contributed by atoms with Crippen LogP contribution in [0.4, 0.5) is 5.13 Å². The minimum absolute atomic E-state index is 0.0368. The summed E-state index contributed by atoms with van der Waals surface area (Å²) in [5, 5.41) is 14.3. The number of rotatable bonds is 5. The molecule has 1 aliphatic rings. The molecule has 1 aliphatic carbocycles. The number of thioether (sulfide) groups is 1. The molecule has 1 fully saturated rings. The normalized spacial score (nSPS) is 14.7. The summed E-state index contributed by atoms with van der Waals surface area (Å²) in [7, 11) is 0. The molecule has 0 spiro atoms. The van der Waals surface area contributed by atoms with Crippen LogP contribution < -0.4 is 10.9 Å². The monoisotopic (exact) mass is 337 g/mol. The van der Waals surface area contributed by atoms with E-state index in [-0.39, 0.29) is 5.56 Å². The molecule has 0 radical (unpaired) electrons. The van der Waals surface area contributed by atoms with Gasteiger partial charge >= 0.3 is 0 Å². The van der Waals surface area contributed by atoms with Crippen LogP contribution in [0.15, 0.2) is 26.8 Å². The number of anilines is 1. The summed E-state index contributed by atoms with van der Waals surface area (Å²) in [5.74, 6) is 0.627. The van der Waals surface area contributed by atoms with Crippen molar-refractivity contribution in [1.82, 2.24) is 19.6 Å². The fourth-order valence-electron chi connectivity index (χ4n) is 1.83. The van der Waals surface area contributed by atoms with E-state index in [1.165, 1.54) is 24.2 Å². The van der Waals surface area contributed by atoms with Gasteiger partial charge in [-0.3, -0.25) is 9.20 Å². The third-order valence-electron chi connectivity index (χ3n) is 3.01. The van der Waals surface area contributed by atoms with Gasteiger partial charge in [0.1, 0.15) is 0 Å². The minimum Gasteiger partial charge on any atom is -0.357 e. The van der Waals surface area contributed by atoms with E-state index in [0.717, 1.165) is 20.1 Å². The van der Waals surface area contributed by atoms with Gasteiger partial charge < -0.3 is 5.32 Å². The first-order valence-corrected chi connectivity index (χ1v) is 9.15. The van der Waals surface area contributed by atoms with E-state index in [1.807, 2.05) is 5.38 Å². The third-order valence-corrected chi connectivity index (χ3v) is 5.79. The molecule has 21 heavy (non-hydrogen) atoms. The molecule has 0 atom stereocenters. The number of fused-ring (bicyclic) bond motifs is 1. The summed E-state index contributed by atoms with van der Waals surface area (Å²) in [6.45, 7) is 0. The molecule has 1 N–H and O–H groups in total.